The van der Waals surface area contributed by atoms with Crippen LogP contribution in [0.3, 0.4) is 0 Å². The Hall–Kier alpha value is -1.17. The number of thiol groups is 1. The molecule has 0 fully saturated rings. The highest BCUT2D eigenvalue weighted by Crippen LogP contribution is 2.30. The van der Waals surface area contributed by atoms with Gasteiger partial charge in [-0.1, -0.05) is 12.7 Å². The van der Waals surface area contributed by atoms with Crippen molar-refractivity contribution in [2.75, 3.05) is 12.4 Å². The lowest BCUT2D eigenvalue weighted by Crippen LogP contribution is -2.08. The van der Waals surface area contributed by atoms with Crippen LogP contribution in [0.4, 0.5) is 17.6 Å². The van der Waals surface area contributed by atoms with E-state index in [0.717, 1.165) is 0 Å². The van der Waals surface area contributed by atoms with Gasteiger partial charge in [0, 0.05) is 5.75 Å². The van der Waals surface area contributed by atoms with Gasteiger partial charge in [0.25, 0.3) is 0 Å². The molecule has 1 aromatic rings. The molecule has 0 spiro atoms. The molecule has 0 amide bonds. The number of hydrogen-bond donors (Lipinski definition) is 1. The predicted octanol–water partition coefficient (Wildman–Crippen LogP) is 3.19. The van der Waals surface area contributed by atoms with Crippen molar-refractivity contribution in [1.29, 1.82) is 0 Å². The van der Waals surface area contributed by atoms with E-state index in [9.17, 15) is 17.6 Å². The van der Waals surface area contributed by atoms with Crippen molar-refractivity contribution in [1.82, 2.24) is 0 Å². The standard InChI is InChI=1S/C10H8F4OS/c1-2-5-6(11)8(13)10(15-3-4-16)9(14)7(5)12/h2,16H,1,3-4H2. The Labute approximate surface area is 95.1 Å². The summed E-state index contributed by atoms with van der Waals surface area (Å²) in [5.74, 6) is -7.11. The van der Waals surface area contributed by atoms with Gasteiger partial charge in [-0.3, -0.25) is 0 Å². The zero-order chi connectivity index (χ0) is 12.3. The Bertz CT molecular complexity index is 391. The fourth-order valence-electron chi connectivity index (χ4n) is 1.08. The molecule has 1 nitrogen and oxygen atoms in total. The predicted molar refractivity (Wildman–Crippen MR) is 55.7 cm³/mol. The van der Waals surface area contributed by atoms with Crippen LogP contribution >= 0.6 is 12.6 Å². The maximum atomic E-state index is 13.2. The van der Waals surface area contributed by atoms with E-state index in [-0.39, 0.29) is 12.4 Å². The number of rotatable bonds is 4. The second-order valence-electron chi connectivity index (χ2n) is 2.77. The van der Waals surface area contributed by atoms with Gasteiger partial charge in [-0.05, 0) is 0 Å². The Morgan fingerprint density at radius 3 is 1.94 bits per heavy atom. The van der Waals surface area contributed by atoms with E-state index in [1.807, 2.05) is 0 Å². The Morgan fingerprint density at radius 1 is 1.06 bits per heavy atom. The van der Waals surface area contributed by atoms with Crippen LogP contribution < -0.4 is 4.74 Å². The Kier molecular flexibility index (Phi) is 4.23. The fourth-order valence-corrected chi connectivity index (χ4v) is 1.17. The molecule has 0 heterocycles. The molecule has 0 aliphatic rings. The minimum atomic E-state index is -1.57. The minimum Gasteiger partial charge on any atom is -0.487 e. The molecule has 1 aromatic carbocycles. The van der Waals surface area contributed by atoms with E-state index in [4.69, 9.17) is 0 Å². The highest BCUT2D eigenvalue weighted by atomic mass is 32.1. The van der Waals surface area contributed by atoms with Crippen molar-refractivity contribution in [3.63, 3.8) is 0 Å². The van der Waals surface area contributed by atoms with E-state index in [0.29, 0.717) is 6.08 Å². The molecule has 0 unspecified atom stereocenters. The van der Waals surface area contributed by atoms with E-state index >= 15 is 0 Å². The summed E-state index contributed by atoms with van der Waals surface area (Å²) in [4.78, 5) is 0. The molecule has 0 saturated carbocycles. The topological polar surface area (TPSA) is 9.23 Å². The number of hydrogen-bond acceptors (Lipinski definition) is 2. The van der Waals surface area contributed by atoms with E-state index in [1.54, 1.807) is 0 Å². The van der Waals surface area contributed by atoms with Gasteiger partial charge < -0.3 is 4.74 Å². The summed E-state index contributed by atoms with van der Waals surface area (Å²) in [6.45, 7) is 2.90. The normalized spacial score (nSPS) is 10.3. The molecule has 16 heavy (non-hydrogen) atoms. The maximum Gasteiger partial charge on any atom is 0.204 e. The first kappa shape index (κ1) is 12.9. The van der Waals surface area contributed by atoms with Crippen molar-refractivity contribution in [3.05, 3.63) is 35.4 Å². The molecule has 0 atom stereocenters. The molecule has 0 aliphatic heterocycles. The molecule has 0 radical (unpaired) electrons. The second-order valence-corrected chi connectivity index (χ2v) is 3.22. The summed E-state index contributed by atoms with van der Waals surface area (Å²) in [6.07, 6.45) is 0.694. The fraction of sp³-hybridized carbons (Fsp3) is 0.200. The quantitative estimate of drug-likeness (QED) is 0.492. The van der Waals surface area contributed by atoms with Gasteiger partial charge in [0.1, 0.15) is 0 Å². The largest absolute Gasteiger partial charge is 0.487 e. The molecule has 1 rings (SSSR count). The summed E-state index contributed by atoms with van der Waals surface area (Å²) in [7, 11) is 0. The van der Waals surface area contributed by atoms with Crippen LogP contribution in [0.15, 0.2) is 6.58 Å². The summed E-state index contributed by atoms with van der Waals surface area (Å²) >= 11 is 3.74. The molecule has 0 aromatic heterocycles. The zero-order valence-corrected chi connectivity index (χ0v) is 8.96. The smallest absolute Gasteiger partial charge is 0.204 e. The molecule has 0 bridgehead atoms. The van der Waals surface area contributed by atoms with Gasteiger partial charge in [0.15, 0.2) is 17.4 Å². The van der Waals surface area contributed by atoms with Crippen molar-refractivity contribution in [3.8, 4) is 5.75 Å². The third kappa shape index (κ3) is 2.16. The van der Waals surface area contributed by atoms with Gasteiger partial charge in [-0.25, -0.2) is 8.78 Å². The van der Waals surface area contributed by atoms with Gasteiger partial charge in [0.2, 0.25) is 11.6 Å². The molecule has 88 valence electrons. The third-order valence-electron chi connectivity index (χ3n) is 1.80. The van der Waals surface area contributed by atoms with Gasteiger partial charge >= 0.3 is 0 Å². The van der Waals surface area contributed by atoms with Crippen molar-refractivity contribution in [2.45, 2.75) is 0 Å². The molecule has 0 saturated heterocycles. The average molecular weight is 252 g/mol. The van der Waals surface area contributed by atoms with Gasteiger partial charge in [-0.15, -0.1) is 0 Å². The first-order chi connectivity index (χ1) is 7.54. The summed E-state index contributed by atoms with van der Waals surface area (Å²) in [5, 5.41) is 0. The van der Waals surface area contributed by atoms with E-state index in [1.165, 1.54) is 0 Å². The van der Waals surface area contributed by atoms with Crippen LogP contribution in [0.25, 0.3) is 6.08 Å². The third-order valence-corrected chi connectivity index (χ3v) is 1.98. The lowest BCUT2D eigenvalue weighted by atomic mass is 10.1. The number of ether oxygens (including phenoxy) is 1. The average Bonchev–Trinajstić information content (AvgIpc) is 2.27. The zero-order valence-electron chi connectivity index (χ0n) is 8.07. The van der Waals surface area contributed by atoms with Crippen molar-refractivity contribution >= 4 is 18.7 Å². The monoisotopic (exact) mass is 252 g/mol. The van der Waals surface area contributed by atoms with Crippen LogP contribution in [0.1, 0.15) is 5.56 Å². The van der Waals surface area contributed by atoms with Crippen LogP contribution in [-0.4, -0.2) is 12.4 Å². The summed E-state index contributed by atoms with van der Waals surface area (Å²) < 4.78 is 57.4. The van der Waals surface area contributed by atoms with Crippen LogP contribution in [0, 0.1) is 23.3 Å². The summed E-state index contributed by atoms with van der Waals surface area (Å²) in [5.41, 5.74) is -0.853. The highest BCUT2D eigenvalue weighted by molar-refractivity contribution is 7.80. The van der Waals surface area contributed by atoms with E-state index < -0.39 is 34.6 Å². The highest BCUT2D eigenvalue weighted by Gasteiger charge is 2.24. The molecule has 0 N–H and O–H groups in total. The van der Waals surface area contributed by atoms with Crippen molar-refractivity contribution < 1.29 is 22.3 Å². The molecule has 0 aliphatic carbocycles. The lowest BCUT2D eigenvalue weighted by molar-refractivity contribution is 0.289. The van der Waals surface area contributed by atoms with Gasteiger partial charge in [-0.2, -0.15) is 21.4 Å². The first-order valence-electron chi connectivity index (χ1n) is 4.26. The number of benzene rings is 1. The second kappa shape index (κ2) is 5.25. The minimum absolute atomic E-state index is 0.158. The van der Waals surface area contributed by atoms with Crippen molar-refractivity contribution in [2.24, 2.45) is 0 Å². The first-order valence-corrected chi connectivity index (χ1v) is 4.89. The molecule has 6 heteroatoms. The molecular weight excluding hydrogens is 244 g/mol. The molecular formula is C10H8F4OS. The lowest BCUT2D eigenvalue weighted by Gasteiger charge is -2.10. The van der Waals surface area contributed by atoms with Crippen LogP contribution in [0.5, 0.6) is 5.75 Å². The maximum absolute atomic E-state index is 13.2. The van der Waals surface area contributed by atoms with Crippen LogP contribution in [-0.2, 0) is 0 Å². The number of halogens is 4. The summed E-state index contributed by atoms with van der Waals surface area (Å²) in [6, 6.07) is 0. The van der Waals surface area contributed by atoms with Gasteiger partial charge in [0.05, 0.1) is 12.2 Å². The Morgan fingerprint density at radius 2 is 1.56 bits per heavy atom. The van der Waals surface area contributed by atoms with Crippen LogP contribution in [0.2, 0.25) is 0 Å². The van der Waals surface area contributed by atoms with E-state index in [2.05, 4.69) is 23.9 Å². The Balaban J connectivity index is 3.35. The SMILES string of the molecule is C=Cc1c(F)c(F)c(OCCS)c(F)c1F.